The largest absolute Gasteiger partial charge is 0.496 e. The van der Waals surface area contributed by atoms with Gasteiger partial charge in [-0.2, -0.15) is 0 Å². The van der Waals surface area contributed by atoms with Gasteiger partial charge in [-0.1, -0.05) is 34.6 Å². The molecule has 1 aromatic carbocycles. The second-order valence-electron chi connectivity index (χ2n) is 3.72. The summed E-state index contributed by atoms with van der Waals surface area (Å²) in [5.41, 5.74) is 1.33. The summed E-state index contributed by atoms with van der Waals surface area (Å²) in [6.45, 7) is 7.40. The molecule has 80 valence electrons. The van der Waals surface area contributed by atoms with Crippen molar-refractivity contribution in [2.24, 2.45) is 0 Å². The highest BCUT2D eigenvalue weighted by Gasteiger charge is 2.13. The van der Waals surface area contributed by atoms with E-state index in [4.69, 9.17) is 4.74 Å². The number of halogens is 1. The molecule has 2 nitrogen and oxygen atoms in total. The fourth-order valence-electron chi connectivity index (χ4n) is 1.68. The Kier molecular flexibility index (Phi) is 3.44. The molecule has 0 amide bonds. The van der Waals surface area contributed by atoms with E-state index in [0.29, 0.717) is 0 Å². The third kappa shape index (κ3) is 3.08. The summed E-state index contributed by atoms with van der Waals surface area (Å²) in [7, 11) is 0. The fourth-order valence-corrected chi connectivity index (χ4v) is 1.94. The summed E-state index contributed by atoms with van der Waals surface area (Å²) in [6.07, 6.45) is 0. The highest BCUT2D eigenvalue weighted by Crippen LogP contribution is 2.14. The average Bonchev–Trinajstić information content (AvgIpc) is 2.22. The lowest BCUT2D eigenvalue weighted by molar-refractivity contribution is 0.0907. The zero-order valence-electron chi connectivity index (χ0n) is 8.58. The van der Waals surface area contributed by atoms with Gasteiger partial charge in [0, 0.05) is 17.6 Å². The van der Waals surface area contributed by atoms with Gasteiger partial charge >= 0.3 is 0 Å². The van der Waals surface area contributed by atoms with Crippen molar-refractivity contribution >= 4 is 15.9 Å². The van der Waals surface area contributed by atoms with Crippen LogP contribution in [0.2, 0.25) is 0 Å². The van der Waals surface area contributed by atoms with Gasteiger partial charge < -0.3 is 4.74 Å². The van der Waals surface area contributed by atoms with Crippen LogP contribution in [0.15, 0.2) is 41.1 Å². The Morgan fingerprint density at radius 3 is 2.73 bits per heavy atom. The molecule has 0 unspecified atom stereocenters. The summed E-state index contributed by atoms with van der Waals surface area (Å²) < 4.78 is 6.44. The highest BCUT2D eigenvalue weighted by atomic mass is 79.9. The van der Waals surface area contributed by atoms with Crippen LogP contribution in [-0.2, 0) is 11.3 Å². The average molecular weight is 268 g/mol. The van der Waals surface area contributed by atoms with Gasteiger partial charge in [0.2, 0.25) is 0 Å². The first-order valence-electron chi connectivity index (χ1n) is 5.01. The highest BCUT2D eigenvalue weighted by molar-refractivity contribution is 9.10. The predicted octanol–water partition coefficient (Wildman–Crippen LogP) is 2.80. The molecule has 0 spiro atoms. The van der Waals surface area contributed by atoms with E-state index in [0.717, 1.165) is 36.5 Å². The molecule has 0 aromatic heterocycles. The van der Waals surface area contributed by atoms with E-state index in [2.05, 4.69) is 51.7 Å². The van der Waals surface area contributed by atoms with Crippen molar-refractivity contribution in [3.8, 4) is 0 Å². The lowest BCUT2D eigenvalue weighted by atomic mass is 10.2. The molecule has 0 bridgehead atoms. The van der Waals surface area contributed by atoms with Gasteiger partial charge in [0.05, 0.1) is 6.54 Å². The SMILES string of the molecule is C=C1CN(Cc2ccc(Br)cc2)CCO1. The molecule has 3 heteroatoms. The van der Waals surface area contributed by atoms with E-state index in [1.54, 1.807) is 0 Å². The van der Waals surface area contributed by atoms with Crippen molar-refractivity contribution in [3.05, 3.63) is 46.6 Å². The van der Waals surface area contributed by atoms with Gasteiger partial charge in [-0.05, 0) is 17.7 Å². The van der Waals surface area contributed by atoms with Gasteiger partial charge in [-0.3, -0.25) is 4.90 Å². The number of benzene rings is 1. The van der Waals surface area contributed by atoms with Crippen molar-refractivity contribution in [3.63, 3.8) is 0 Å². The summed E-state index contributed by atoms with van der Waals surface area (Å²) in [5.74, 6) is 0.873. The van der Waals surface area contributed by atoms with Gasteiger partial charge in [0.1, 0.15) is 12.4 Å². The van der Waals surface area contributed by atoms with Gasteiger partial charge in [0.25, 0.3) is 0 Å². The number of hydrogen-bond acceptors (Lipinski definition) is 2. The molecular weight excluding hydrogens is 254 g/mol. The van der Waals surface area contributed by atoms with Crippen LogP contribution in [0.5, 0.6) is 0 Å². The first kappa shape index (κ1) is 10.7. The minimum atomic E-state index is 0.759. The monoisotopic (exact) mass is 267 g/mol. The minimum Gasteiger partial charge on any atom is -0.496 e. The van der Waals surface area contributed by atoms with Gasteiger partial charge in [-0.15, -0.1) is 0 Å². The summed E-state index contributed by atoms with van der Waals surface area (Å²) in [4.78, 5) is 2.34. The molecule has 1 aliphatic heterocycles. The lowest BCUT2D eigenvalue weighted by Gasteiger charge is -2.28. The van der Waals surface area contributed by atoms with E-state index in [1.165, 1.54) is 5.56 Å². The molecule has 0 saturated carbocycles. The van der Waals surface area contributed by atoms with Crippen LogP contribution < -0.4 is 0 Å². The Labute approximate surface area is 98.7 Å². The van der Waals surface area contributed by atoms with Crippen LogP contribution in [-0.4, -0.2) is 24.6 Å². The summed E-state index contributed by atoms with van der Waals surface area (Å²) in [5, 5.41) is 0. The third-order valence-corrected chi connectivity index (χ3v) is 2.96. The Bertz CT molecular complexity index is 347. The van der Waals surface area contributed by atoms with Crippen molar-refractivity contribution in [2.75, 3.05) is 19.7 Å². The van der Waals surface area contributed by atoms with Crippen LogP contribution >= 0.6 is 15.9 Å². The van der Waals surface area contributed by atoms with Crippen LogP contribution in [0.25, 0.3) is 0 Å². The van der Waals surface area contributed by atoms with Gasteiger partial charge in [0.15, 0.2) is 0 Å². The standard InChI is InChI=1S/C12H14BrNO/c1-10-8-14(6-7-15-10)9-11-2-4-12(13)5-3-11/h2-5H,1,6-9H2. The molecular formula is C12H14BrNO. The van der Waals surface area contributed by atoms with Crippen LogP contribution in [0.3, 0.4) is 0 Å². The molecule has 1 heterocycles. The Morgan fingerprint density at radius 2 is 2.07 bits per heavy atom. The molecule has 1 fully saturated rings. The smallest absolute Gasteiger partial charge is 0.103 e. The predicted molar refractivity (Wildman–Crippen MR) is 64.5 cm³/mol. The number of rotatable bonds is 2. The quantitative estimate of drug-likeness (QED) is 0.817. The van der Waals surface area contributed by atoms with Crippen LogP contribution in [0.4, 0.5) is 0 Å². The maximum absolute atomic E-state index is 5.32. The molecule has 0 atom stereocenters. The first-order chi connectivity index (χ1) is 7.24. The molecule has 0 N–H and O–H groups in total. The molecule has 1 aromatic rings. The Morgan fingerprint density at radius 1 is 1.33 bits per heavy atom. The minimum absolute atomic E-state index is 0.759. The molecule has 2 rings (SSSR count). The second-order valence-corrected chi connectivity index (χ2v) is 4.64. The van der Waals surface area contributed by atoms with E-state index >= 15 is 0 Å². The van der Waals surface area contributed by atoms with E-state index < -0.39 is 0 Å². The molecule has 1 saturated heterocycles. The van der Waals surface area contributed by atoms with Crippen molar-refractivity contribution in [1.29, 1.82) is 0 Å². The zero-order chi connectivity index (χ0) is 10.7. The molecule has 1 aliphatic rings. The van der Waals surface area contributed by atoms with Crippen LogP contribution in [0.1, 0.15) is 5.56 Å². The third-order valence-electron chi connectivity index (χ3n) is 2.43. The van der Waals surface area contributed by atoms with Gasteiger partial charge in [-0.25, -0.2) is 0 Å². The van der Waals surface area contributed by atoms with E-state index in [-0.39, 0.29) is 0 Å². The van der Waals surface area contributed by atoms with Crippen molar-refractivity contribution in [2.45, 2.75) is 6.54 Å². The maximum Gasteiger partial charge on any atom is 0.103 e. The summed E-state index contributed by atoms with van der Waals surface area (Å²) in [6, 6.07) is 8.43. The molecule has 0 aliphatic carbocycles. The van der Waals surface area contributed by atoms with Crippen molar-refractivity contribution < 1.29 is 4.74 Å². The van der Waals surface area contributed by atoms with Crippen LogP contribution in [0, 0.1) is 0 Å². The lowest BCUT2D eigenvalue weighted by Crippen LogP contribution is -2.34. The normalized spacial score (nSPS) is 17.5. The number of hydrogen-bond donors (Lipinski definition) is 0. The van der Waals surface area contributed by atoms with E-state index in [9.17, 15) is 0 Å². The molecule has 15 heavy (non-hydrogen) atoms. The Balaban J connectivity index is 1.96. The second kappa shape index (κ2) is 4.81. The summed E-state index contributed by atoms with van der Waals surface area (Å²) >= 11 is 3.43. The first-order valence-corrected chi connectivity index (χ1v) is 5.81. The number of morpholine rings is 1. The van der Waals surface area contributed by atoms with E-state index in [1.807, 2.05) is 0 Å². The zero-order valence-corrected chi connectivity index (χ0v) is 10.2. The molecule has 0 radical (unpaired) electrons. The number of ether oxygens (including phenoxy) is 1. The fraction of sp³-hybridized carbons (Fsp3) is 0.333. The topological polar surface area (TPSA) is 12.5 Å². The Hall–Kier alpha value is -0.800. The number of nitrogens with zero attached hydrogens (tertiary/aromatic N) is 1. The van der Waals surface area contributed by atoms with Crippen molar-refractivity contribution in [1.82, 2.24) is 4.90 Å². The maximum atomic E-state index is 5.32.